The van der Waals surface area contributed by atoms with Crippen molar-refractivity contribution in [1.29, 1.82) is 0 Å². The maximum Gasteiger partial charge on any atom is 0.183 e. The lowest BCUT2D eigenvalue weighted by Crippen LogP contribution is -2.07. The molecule has 0 amide bonds. The summed E-state index contributed by atoms with van der Waals surface area (Å²) in [5.74, 6) is 0.00578. The van der Waals surface area contributed by atoms with E-state index in [1.54, 1.807) is 31.7 Å². The van der Waals surface area contributed by atoms with Crippen molar-refractivity contribution in [1.82, 2.24) is 9.88 Å². The van der Waals surface area contributed by atoms with Crippen LogP contribution in [0.4, 0.5) is 0 Å². The van der Waals surface area contributed by atoms with Crippen LogP contribution >= 0.6 is 0 Å². The largest absolute Gasteiger partial charge is 0.383 e. The fraction of sp³-hybridized carbons (Fsp3) is 0.312. The molecular weight excluding hydrogens is 250 g/mol. The predicted molar refractivity (Wildman–Crippen MR) is 82.9 cm³/mol. The van der Waals surface area contributed by atoms with E-state index < -0.39 is 0 Å². The number of nitrogens with zero attached hydrogens (tertiary/aromatic N) is 3. The average Bonchev–Trinajstić information content (AvgIpc) is 2.47. The Morgan fingerprint density at radius 1 is 1.45 bits per heavy atom. The molecule has 0 fully saturated rings. The molecule has 1 rings (SSSR count). The maximum atomic E-state index is 12.1. The van der Waals surface area contributed by atoms with Crippen molar-refractivity contribution < 1.29 is 4.79 Å². The number of allylic oxidation sites excluding steroid dienone is 3. The molecule has 0 radical (unpaired) electrons. The molecule has 0 unspecified atom stereocenters. The van der Waals surface area contributed by atoms with Gasteiger partial charge in [0.2, 0.25) is 0 Å². The molecule has 1 heterocycles. The zero-order valence-corrected chi connectivity index (χ0v) is 12.5. The Kier molecular flexibility index (Phi) is 6.37. The first-order valence-corrected chi connectivity index (χ1v) is 6.55. The minimum Gasteiger partial charge on any atom is -0.383 e. The van der Waals surface area contributed by atoms with Crippen LogP contribution in [-0.2, 0) is 4.79 Å². The average molecular weight is 271 g/mol. The van der Waals surface area contributed by atoms with Crippen molar-refractivity contribution in [3.8, 4) is 0 Å². The highest BCUT2D eigenvalue weighted by Gasteiger charge is 2.07. The van der Waals surface area contributed by atoms with Crippen molar-refractivity contribution in [2.75, 3.05) is 21.1 Å². The van der Waals surface area contributed by atoms with Crippen LogP contribution in [-0.4, -0.2) is 42.5 Å². The molecular formula is C16H21N3O. The molecule has 4 heteroatoms. The Bertz CT molecular complexity index is 528. The number of carbonyl (C=O) groups excluding carboxylic acids is 1. The third kappa shape index (κ3) is 4.80. The normalized spacial score (nSPS) is 12.8. The number of aromatic nitrogens is 1. The third-order valence-corrected chi connectivity index (χ3v) is 2.73. The third-order valence-electron chi connectivity index (χ3n) is 2.73. The monoisotopic (exact) mass is 271 g/mol. The van der Waals surface area contributed by atoms with E-state index in [2.05, 4.69) is 9.98 Å². The molecule has 0 saturated carbocycles. The van der Waals surface area contributed by atoms with Crippen molar-refractivity contribution in [3.63, 3.8) is 0 Å². The molecule has 0 aliphatic carbocycles. The number of hydrogen-bond acceptors (Lipinski definition) is 4. The lowest BCUT2D eigenvalue weighted by atomic mass is 10.0. The first kappa shape index (κ1) is 15.8. The van der Waals surface area contributed by atoms with Crippen LogP contribution in [0, 0.1) is 0 Å². The number of rotatable bonds is 6. The number of hydrogen-bond donors (Lipinski definition) is 0. The second-order valence-corrected chi connectivity index (χ2v) is 4.52. The highest BCUT2D eigenvalue weighted by atomic mass is 16.1. The molecule has 1 aromatic rings. The minimum atomic E-state index is 0.00578. The highest BCUT2D eigenvalue weighted by Crippen LogP contribution is 2.08. The van der Waals surface area contributed by atoms with Crippen LogP contribution in [0.2, 0.25) is 0 Å². The summed E-state index contributed by atoms with van der Waals surface area (Å²) >= 11 is 0. The van der Waals surface area contributed by atoms with Crippen LogP contribution in [0.15, 0.2) is 53.4 Å². The molecule has 4 nitrogen and oxygen atoms in total. The van der Waals surface area contributed by atoms with Crippen LogP contribution in [0.25, 0.3) is 0 Å². The van der Waals surface area contributed by atoms with E-state index in [1.165, 1.54) is 0 Å². The summed E-state index contributed by atoms with van der Waals surface area (Å²) in [5, 5.41) is 0. The molecule has 0 bridgehead atoms. The molecule has 0 atom stereocenters. The van der Waals surface area contributed by atoms with Gasteiger partial charge in [0.25, 0.3) is 0 Å². The quantitative estimate of drug-likeness (QED) is 0.590. The zero-order chi connectivity index (χ0) is 15.0. The van der Waals surface area contributed by atoms with Gasteiger partial charge in [-0.1, -0.05) is 6.92 Å². The fourth-order valence-electron chi connectivity index (χ4n) is 1.63. The van der Waals surface area contributed by atoms with Gasteiger partial charge in [-0.05, 0) is 24.6 Å². The minimum absolute atomic E-state index is 0.00578. The van der Waals surface area contributed by atoms with Gasteiger partial charge in [0.05, 0.1) is 5.71 Å². The summed E-state index contributed by atoms with van der Waals surface area (Å²) < 4.78 is 0. The second kappa shape index (κ2) is 8.04. The summed E-state index contributed by atoms with van der Waals surface area (Å²) in [6, 6.07) is 3.78. The Morgan fingerprint density at radius 3 is 2.70 bits per heavy atom. The molecule has 1 aromatic heterocycles. The Labute approximate surface area is 120 Å². The van der Waals surface area contributed by atoms with Crippen LogP contribution < -0.4 is 0 Å². The molecule has 0 N–H and O–H groups in total. The van der Waals surface area contributed by atoms with Crippen LogP contribution in [0.1, 0.15) is 18.9 Å². The zero-order valence-electron chi connectivity index (χ0n) is 12.5. The SMILES string of the molecule is CC/C(=C\C(=NC)c1cccnc1)C(=O)/C=C/N(C)C. The second-order valence-electron chi connectivity index (χ2n) is 4.52. The van der Waals surface area contributed by atoms with Crippen LogP contribution in [0.5, 0.6) is 0 Å². The lowest BCUT2D eigenvalue weighted by molar-refractivity contribution is -0.111. The van der Waals surface area contributed by atoms with E-state index in [-0.39, 0.29) is 5.78 Å². The molecule has 0 saturated heterocycles. The smallest absolute Gasteiger partial charge is 0.183 e. The number of carbonyl (C=O) groups is 1. The highest BCUT2D eigenvalue weighted by molar-refractivity contribution is 6.14. The van der Waals surface area contributed by atoms with Crippen LogP contribution in [0.3, 0.4) is 0 Å². The summed E-state index contributed by atoms with van der Waals surface area (Å²) in [6.07, 6.45) is 9.28. The van der Waals surface area contributed by atoms with Gasteiger partial charge in [0.15, 0.2) is 5.78 Å². The van der Waals surface area contributed by atoms with Gasteiger partial charge >= 0.3 is 0 Å². The summed E-state index contributed by atoms with van der Waals surface area (Å²) in [7, 11) is 5.48. The number of ketones is 1. The van der Waals surface area contributed by atoms with Gasteiger partial charge in [-0.2, -0.15) is 0 Å². The molecule has 0 spiro atoms. The van der Waals surface area contributed by atoms with Gasteiger partial charge in [0, 0.05) is 56.9 Å². The van der Waals surface area contributed by atoms with E-state index in [9.17, 15) is 4.79 Å². The van der Waals surface area contributed by atoms with Crippen molar-refractivity contribution >= 4 is 11.5 Å². The molecule has 0 aromatic carbocycles. The van der Waals surface area contributed by atoms with Gasteiger partial charge in [-0.3, -0.25) is 14.8 Å². The number of pyridine rings is 1. The van der Waals surface area contributed by atoms with Gasteiger partial charge in [-0.15, -0.1) is 0 Å². The Balaban J connectivity index is 3.01. The van der Waals surface area contributed by atoms with Crippen molar-refractivity contribution in [2.24, 2.45) is 4.99 Å². The predicted octanol–water partition coefficient (Wildman–Crippen LogP) is 2.48. The van der Waals surface area contributed by atoms with E-state index in [4.69, 9.17) is 0 Å². The standard InChI is InChI=1S/C16H21N3O/c1-5-13(16(20)8-10-19(3)4)11-15(17-2)14-7-6-9-18-12-14/h6-12H,5H2,1-4H3/b10-8+,13-11+,17-15?. The maximum absolute atomic E-state index is 12.1. The van der Waals surface area contributed by atoms with E-state index in [1.807, 2.05) is 44.1 Å². The van der Waals surface area contributed by atoms with Gasteiger partial charge in [0.1, 0.15) is 0 Å². The Morgan fingerprint density at radius 2 is 2.20 bits per heavy atom. The van der Waals surface area contributed by atoms with E-state index >= 15 is 0 Å². The summed E-state index contributed by atoms with van der Waals surface area (Å²) in [4.78, 5) is 22.3. The first-order chi connectivity index (χ1) is 9.58. The summed E-state index contributed by atoms with van der Waals surface area (Å²) in [6.45, 7) is 1.96. The van der Waals surface area contributed by atoms with E-state index in [0.717, 1.165) is 16.8 Å². The fourth-order valence-corrected chi connectivity index (χ4v) is 1.63. The first-order valence-electron chi connectivity index (χ1n) is 6.55. The summed E-state index contributed by atoms with van der Waals surface area (Å²) in [5.41, 5.74) is 2.40. The van der Waals surface area contributed by atoms with Crippen molar-refractivity contribution in [3.05, 3.63) is 54.0 Å². The van der Waals surface area contributed by atoms with Crippen molar-refractivity contribution in [2.45, 2.75) is 13.3 Å². The van der Waals surface area contributed by atoms with Gasteiger partial charge < -0.3 is 4.90 Å². The Hall–Kier alpha value is -2.23. The molecule has 0 aliphatic rings. The van der Waals surface area contributed by atoms with Gasteiger partial charge in [-0.25, -0.2) is 0 Å². The molecule has 20 heavy (non-hydrogen) atoms. The number of aliphatic imine (C=N–C) groups is 1. The van der Waals surface area contributed by atoms with E-state index in [0.29, 0.717) is 6.42 Å². The lowest BCUT2D eigenvalue weighted by Gasteiger charge is -2.05. The topological polar surface area (TPSA) is 45.6 Å². The molecule has 106 valence electrons. The molecule has 0 aliphatic heterocycles.